The molecule has 1 N–H and O–H groups in total. The van der Waals surface area contributed by atoms with Gasteiger partial charge in [0.25, 0.3) is 11.1 Å². The van der Waals surface area contributed by atoms with E-state index < -0.39 is 0 Å². The van der Waals surface area contributed by atoms with E-state index in [4.69, 9.17) is 0 Å². The van der Waals surface area contributed by atoms with Gasteiger partial charge in [0.15, 0.2) is 5.16 Å². The maximum absolute atomic E-state index is 12.9. The van der Waals surface area contributed by atoms with Crippen LogP contribution in [0.4, 0.5) is 0 Å². The molecule has 148 valence electrons. The standard InChI is InChI=1S/C21H20N4O3S/c1-14-6-4-9-18-22-15(12-19(27)25(14)18)13-29-21-23-17-8-3-2-7-16(17)20(28)24(21)10-5-11-26/h2-4,6-9,12,26H,5,10-11,13H2,1H3. The second-order valence-corrected chi connectivity index (χ2v) is 7.62. The van der Waals surface area contributed by atoms with Crippen LogP contribution in [-0.4, -0.2) is 30.6 Å². The number of aliphatic hydroxyl groups excluding tert-OH is 1. The summed E-state index contributed by atoms with van der Waals surface area (Å²) in [5, 5.41) is 10.3. The second kappa shape index (κ2) is 8.18. The quantitative estimate of drug-likeness (QED) is 0.389. The lowest BCUT2D eigenvalue weighted by molar-refractivity contribution is 0.276. The largest absolute Gasteiger partial charge is 0.396 e. The Labute approximate surface area is 170 Å². The molecule has 0 unspecified atom stereocenters. The number of nitrogens with zero attached hydrogens (tertiary/aromatic N) is 4. The summed E-state index contributed by atoms with van der Waals surface area (Å²) in [6.45, 7) is 2.23. The molecule has 29 heavy (non-hydrogen) atoms. The van der Waals surface area contributed by atoms with Crippen molar-refractivity contribution in [2.24, 2.45) is 0 Å². The van der Waals surface area contributed by atoms with Gasteiger partial charge in [-0.05, 0) is 37.6 Å². The fraction of sp³-hybridized carbons (Fsp3) is 0.238. The van der Waals surface area contributed by atoms with Crippen LogP contribution in [0.2, 0.25) is 0 Å². The third kappa shape index (κ3) is 3.81. The van der Waals surface area contributed by atoms with Crippen molar-refractivity contribution < 1.29 is 5.11 Å². The lowest BCUT2D eigenvalue weighted by Crippen LogP contribution is -2.24. The molecule has 0 aliphatic rings. The number of benzene rings is 1. The number of thioether (sulfide) groups is 1. The predicted molar refractivity (Wildman–Crippen MR) is 113 cm³/mol. The van der Waals surface area contributed by atoms with Crippen molar-refractivity contribution in [1.82, 2.24) is 18.9 Å². The number of aryl methyl sites for hydroxylation is 1. The van der Waals surface area contributed by atoms with E-state index in [-0.39, 0.29) is 17.7 Å². The molecule has 8 heteroatoms. The molecular formula is C21H20N4O3S. The first-order chi connectivity index (χ1) is 14.1. The van der Waals surface area contributed by atoms with Gasteiger partial charge in [0.05, 0.1) is 16.6 Å². The number of fused-ring (bicyclic) bond motifs is 2. The SMILES string of the molecule is Cc1cccc2nc(CSc3nc4ccccc4c(=O)n3CCCO)cc(=O)n12. The van der Waals surface area contributed by atoms with Gasteiger partial charge < -0.3 is 5.11 Å². The van der Waals surface area contributed by atoms with Crippen LogP contribution >= 0.6 is 11.8 Å². The third-order valence-corrected chi connectivity index (χ3v) is 5.66. The van der Waals surface area contributed by atoms with Crippen LogP contribution in [0.1, 0.15) is 17.8 Å². The summed E-state index contributed by atoms with van der Waals surface area (Å²) in [6, 6.07) is 14.3. The molecule has 0 radical (unpaired) electrons. The first-order valence-corrected chi connectivity index (χ1v) is 10.3. The summed E-state index contributed by atoms with van der Waals surface area (Å²) in [6.07, 6.45) is 0.461. The highest BCUT2D eigenvalue weighted by Gasteiger charge is 2.12. The Morgan fingerprint density at radius 2 is 1.90 bits per heavy atom. The smallest absolute Gasteiger partial charge is 0.262 e. The summed E-state index contributed by atoms with van der Waals surface area (Å²) in [4.78, 5) is 34.6. The van der Waals surface area contributed by atoms with Crippen molar-refractivity contribution in [1.29, 1.82) is 0 Å². The van der Waals surface area contributed by atoms with Crippen molar-refractivity contribution in [2.45, 2.75) is 30.8 Å². The number of aromatic nitrogens is 4. The third-order valence-electron chi connectivity index (χ3n) is 4.65. The van der Waals surface area contributed by atoms with Crippen LogP contribution in [0, 0.1) is 6.92 Å². The van der Waals surface area contributed by atoms with Crippen molar-refractivity contribution in [3.8, 4) is 0 Å². The zero-order valence-corrected chi connectivity index (χ0v) is 16.7. The first-order valence-electron chi connectivity index (χ1n) is 9.30. The van der Waals surface area contributed by atoms with E-state index in [2.05, 4.69) is 9.97 Å². The van der Waals surface area contributed by atoms with Gasteiger partial charge in [0.1, 0.15) is 5.65 Å². The summed E-state index contributed by atoms with van der Waals surface area (Å²) in [5.41, 5.74) is 2.41. The average Bonchev–Trinajstić information content (AvgIpc) is 2.71. The Kier molecular flexibility index (Phi) is 5.46. The summed E-state index contributed by atoms with van der Waals surface area (Å²) >= 11 is 1.36. The molecule has 1 aromatic carbocycles. The number of rotatable bonds is 6. The lowest BCUT2D eigenvalue weighted by Gasteiger charge is -2.12. The monoisotopic (exact) mass is 408 g/mol. The van der Waals surface area contributed by atoms with Gasteiger partial charge in [0.2, 0.25) is 0 Å². The van der Waals surface area contributed by atoms with Gasteiger partial charge in [-0.25, -0.2) is 9.97 Å². The molecule has 0 spiro atoms. The molecular weight excluding hydrogens is 388 g/mol. The number of para-hydroxylation sites is 1. The van der Waals surface area contributed by atoms with E-state index in [1.165, 1.54) is 17.8 Å². The van der Waals surface area contributed by atoms with Crippen LogP contribution in [0.5, 0.6) is 0 Å². The van der Waals surface area contributed by atoms with Crippen LogP contribution in [0.3, 0.4) is 0 Å². The molecule has 0 saturated heterocycles. The van der Waals surface area contributed by atoms with E-state index in [1.54, 1.807) is 27.2 Å². The fourth-order valence-electron chi connectivity index (χ4n) is 3.26. The van der Waals surface area contributed by atoms with Crippen molar-refractivity contribution in [2.75, 3.05) is 6.61 Å². The Balaban J connectivity index is 1.71. The van der Waals surface area contributed by atoms with Gasteiger partial charge in [-0.2, -0.15) is 0 Å². The maximum Gasteiger partial charge on any atom is 0.262 e. The van der Waals surface area contributed by atoms with E-state index in [1.807, 2.05) is 31.2 Å². The number of aliphatic hydroxyl groups is 1. The summed E-state index contributed by atoms with van der Waals surface area (Å²) in [7, 11) is 0. The van der Waals surface area contributed by atoms with E-state index in [0.717, 1.165) is 5.69 Å². The van der Waals surface area contributed by atoms with Crippen LogP contribution < -0.4 is 11.1 Å². The molecule has 3 aromatic heterocycles. The molecule has 0 atom stereocenters. The molecule has 0 aliphatic heterocycles. The highest BCUT2D eigenvalue weighted by molar-refractivity contribution is 7.98. The molecule has 4 aromatic rings. The molecule has 0 amide bonds. The van der Waals surface area contributed by atoms with E-state index in [9.17, 15) is 14.7 Å². The van der Waals surface area contributed by atoms with E-state index >= 15 is 0 Å². The van der Waals surface area contributed by atoms with Gasteiger partial charge in [0, 0.05) is 30.7 Å². The number of hydrogen-bond acceptors (Lipinski definition) is 6. The summed E-state index contributed by atoms with van der Waals surface area (Å²) < 4.78 is 3.15. The minimum absolute atomic E-state index is 0.00821. The maximum atomic E-state index is 12.9. The van der Waals surface area contributed by atoms with Gasteiger partial charge in [-0.3, -0.25) is 18.6 Å². The van der Waals surface area contributed by atoms with Gasteiger partial charge in [-0.1, -0.05) is 30.0 Å². The van der Waals surface area contributed by atoms with Crippen molar-refractivity contribution in [3.05, 3.63) is 80.6 Å². The Bertz CT molecular complexity index is 1310. The molecule has 0 bridgehead atoms. The lowest BCUT2D eigenvalue weighted by atomic mass is 10.2. The molecule has 0 saturated carbocycles. The fourth-order valence-corrected chi connectivity index (χ4v) is 4.18. The zero-order valence-electron chi connectivity index (χ0n) is 15.9. The van der Waals surface area contributed by atoms with Crippen LogP contribution in [0.25, 0.3) is 16.6 Å². The average molecular weight is 408 g/mol. The van der Waals surface area contributed by atoms with Gasteiger partial charge in [-0.15, -0.1) is 0 Å². The van der Waals surface area contributed by atoms with E-state index in [0.29, 0.717) is 46.1 Å². The van der Waals surface area contributed by atoms with Crippen molar-refractivity contribution >= 4 is 28.3 Å². The van der Waals surface area contributed by atoms with Crippen LogP contribution in [-0.2, 0) is 12.3 Å². The highest BCUT2D eigenvalue weighted by atomic mass is 32.2. The predicted octanol–water partition coefficient (Wildman–Crippen LogP) is 2.39. The summed E-state index contributed by atoms with van der Waals surface area (Å²) in [5.74, 6) is 0.406. The molecule has 0 fully saturated rings. The number of pyridine rings is 1. The minimum atomic E-state index is -0.132. The Morgan fingerprint density at radius 1 is 1.07 bits per heavy atom. The zero-order chi connectivity index (χ0) is 20.4. The number of hydrogen-bond donors (Lipinski definition) is 1. The highest BCUT2D eigenvalue weighted by Crippen LogP contribution is 2.21. The molecule has 4 rings (SSSR count). The first kappa shape index (κ1) is 19.4. The van der Waals surface area contributed by atoms with Crippen LogP contribution in [0.15, 0.2) is 63.3 Å². The topological polar surface area (TPSA) is 89.5 Å². The normalized spacial score (nSPS) is 11.4. The molecule has 3 heterocycles. The Morgan fingerprint density at radius 3 is 2.72 bits per heavy atom. The minimum Gasteiger partial charge on any atom is -0.396 e. The van der Waals surface area contributed by atoms with Crippen molar-refractivity contribution in [3.63, 3.8) is 0 Å². The molecule has 0 aliphatic carbocycles. The second-order valence-electron chi connectivity index (χ2n) is 6.68. The molecule has 7 nitrogen and oxygen atoms in total. The Hall–Kier alpha value is -2.97. The van der Waals surface area contributed by atoms with Gasteiger partial charge >= 0.3 is 0 Å².